The van der Waals surface area contributed by atoms with Crippen LogP contribution in [0.2, 0.25) is 10.0 Å². The Labute approximate surface area is 113 Å². The van der Waals surface area contributed by atoms with Crippen LogP contribution in [0.15, 0.2) is 30.3 Å². The van der Waals surface area contributed by atoms with E-state index in [-0.39, 0.29) is 0 Å². The Morgan fingerprint density at radius 1 is 1.06 bits per heavy atom. The summed E-state index contributed by atoms with van der Waals surface area (Å²) in [7, 11) is 0. The second-order valence-corrected chi connectivity index (χ2v) is 4.62. The molecule has 18 heavy (non-hydrogen) atoms. The lowest BCUT2D eigenvalue weighted by molar-refractivity contribution is 0.880. The minimum atomic E-state index is 0.497. The van der Waals surface area contributed by atoms with E-state index < -0.39 is 0 Å². The Balaban J connectivity index is 2.25. The Bertz CT molecular complexity index is 736. The summed E-state index contributed by atoms with van der Waals surface area (Å²) in [6.07, 6.45) is 0. The van der Waals surface area contributed by atoms with Crippen LogP contribution >= 0.6 is 23.2 Å². The SMILES string of the molecule is Cc1nnc2ccc(-c3cccc(Cl)c3Cl)nn12. The molecule has 0 aliphatic heterocycles. The number of rotatable bonds is 1. The number of hydrogen-bond acceptors (Lipinski definition) is 3. The fraction of sp³-hybridized carbons (Fsp3) is 0.0833. The van der Waals surface area contributed by atoms with Crippen LogP contribution in [0.25, 0.3) is 16.9 Å². The normalized spacial score (nSPS) is 11.1. The lowest BCUT2D eigenvalue weighted by atomic mass is 10.1. The maximum Gasteiger partial charge on any atom is 0.177 e. The average Bonchev–Trinajstić information content (AvgIpc) is 2.74. The summed E-state index contributed by atoms with van der Waals surface area (Å²) in [5.74, 6) is 0.727. The van der Waals surface area contributed by atoms with E-state index in [1.807, 2.05) is 31.2 Å². The molecular weight excluding hydrogens is 271 g/mol. The van der Waals surface area contributed by atoms with Crippen molar-refractivity contribution in [3.63, 3.8) is 0 Å². The van der Waals surface area contributed by atoms with Gasteiger partial charge in [-0.2, -0.15) is 9.61 Å². The van der Waals surface area contributed by atoms with Crippen molar-refractivity contribution in [1.29, 1.82) is 0 Å². The zero-order chi connectivity index (χ0) is 12.7. The fourth-order valence-electron chi connectivity index (χ4n) is 1.74. The highest BCUT2D eigenvalue weighted by Gasteiger charge is 2.10. The van der Waals surface area contributed by atoms with Gasteiger partial charge in [-0.25, -0.2) is 0 Å². The second kappa shape index (κ2) is 4.23. The van der Waals surface area contributed by atoms with Gasteiger partial charge in [0.25, 0.3) is 0 Å². The van der Waals surface area contributed by atoms with E-state index in [1.54, 1.807) is 10.6 Å². The highest BCUT2D eigenvalue weighted by Crippen LogP contribution is 2.32. The van der Waals surface area contributed by atoms with Gasteiger partial charge in [-0.1, -0.05) is 35.3 Å². The third-order valence-electron chi connectivity index (χ3n) is 2.65. The van der Waals surface area contributed by atoms with Gasteiger partial charge < -0.3 is 0 Å². The largest absolute Gasteiger partial charge is 0.197 e. The monoisotopic (exact) mass is 278 g/mol. The number of hydrogen-bond donors (Lipinski definition) is 0. The van der Waals surface area contributed by atoms with Crippen LogP contribution in [0.5, 0.6) is 0 Å². The van der Waals surface area contributed by atoms with Crippen LogP contribution in [0, 0.1) is 6.92 Å². The van der Waals surface area contributed by atoms with Crippen molar-refractivity contribution < 1.29 is 0 Å². The molecule has 0 N–H and O–H groups in total. The molecule has 0 unspecified atom stereocenters. The molecule has 0 aliphatic rings. The predicted octanol–water partition coefficient (Wildman–Crippen LogP) is 3.41. The molecule has 0 aliphatic carbocycles. The predicted molar refractivity (Wildman–Crippen MR) is 71.0 cm³/mol. The molecule has 0 saturated carbocycles. The van der Waals surface area contributed by atoms with Crippen LogP contribution in [0.1, 0.15) is 5.82 Å². The molecule has 0 fully saturated rings. The molecule has 0 amide bonds. The molecule has 4 nitrogen and oxygen atoms in total. The smallest absolute Gasteiger partial charge is 0.177 e. The molecule has 1 aromatic carbocycles. The summed E-state index contributed by atoms with van der Waals surface area (Å²) in [6, 6.07) is 9.16. The standard InChI is InChI=1S/C12H8Cl2N4/c1-7-15-16-11-6-5-10(17-18(7)11)8-3-2-4-9(13)12(8)14/h2-6H,1H3. The number of halogens is 2. The van der Waals surface area contributed by atoms with Crippen LogP contribution in [0.3, 0.4) is 0 Å². The minimum absolute atomic E-state index is 0.497. The molecule has 90 valence electrons. The van der Waals surface area contributed by atoms with E-state index in [1.165, 1.54) is 0 Å². The summed E-state index contributed by atoms with van der Waals surface area (Å²) in [4.78, 5) is 0. The zero-order valence-electron chi connectivity index (χ0n) is 9.43. The van der Waals surface area contributed by atoms with E-state index in [0.717, 1.165) is 17.1 Å². The van der Waals surface area contributed by atoms with Gasteiger partial charge in [0.2, 0.25) is 0 Å². The van der Waals surface area contributed by atoms with Gasteiger partial charge in [-0.3, -0.25) is 0 Å². The Morgan fingerprint density at radius 3 is 2.72 bits per heavy atom. The zero-order valence-corrected chi connectivity index (χ0v) is 10.9. The molecule has 6 heteroatoms. The van der Waals surface area contributed by atoms with Crippen molar-refractivity contribution in [2.24, 2.45) is 0 Å². The molecule has 0 saturated heterocycles. The molecular formula is C12H8Cl2N4. The van der Waals surface area contributed by atoms with Gasteiger partial charge in [-0.15, -0.1) is 10.2 Å². The molecule has 0 spiro atoms. The van der Waals surface area contributed by atoms with Gasteiger partial charge in [0.05, 0.1) is 15.7 Å². The van der Waals surface area contributed by atoms with Gasteiger partial charge in [0, 0.05) is 5.56 Å². The second-order valence-electron chi connectivity index (χ2n) is 3.84. The molecule has 3 rings (SSSR count). The quantitative estimate of drug-likeness (QED) is 0.685. The van der Waals surface area contributed by atoms with E-state index in [4.69, 9.17) is 23.2 Å². The fourth-order valence-corrected chi connectivity index (χ4v) is 2.14. The number of benzene rings is 1. The summed E-state index contributed by atoms with van der Waals surface area (Å²) in [6.45, 7) is 1.84. The molecule has 2 aromatic heterocycles. The number of nitrogens with zero attached hydrogens (tertiary/aromatic N) is 4. The minimum Gasteiger partial charge on any atom is -0.197 e. The Hall–Kier alpha value is -1.65. The van der Waals surface area contributed by atoms with E-state index in [2.05, 4.69) is 15.3 Å². The number of aromatic nitrogens is 4. The number of aryl methyl sites for hydroxylation is 1. The van der Waals surface area contributed by atoms with Gasteiger partial charge in [-0.05, 0) is 25.1 Å². The first-order chi connectivity index (χ1) is 8.66. The molecule has 0 atom stereocenters. The van der Waals surface area contributed by atoms with E-state index in [9.17, 15) is 0 Å². The molecule has 0 bridgehead atoms. The van der Waals surface area contributed by atoms with Crippen molar-refractivity contribution in [3.8, 4) is 11.3 Å². The summed E-state index contributed by atoms with van der Waals surface area (Å²) < 4.78 is 1.67. The topological polar surface area (TPSA) is 43.1 Å². The highest BCUT2D eigenvalue weighted by molar-refractivity contribution is 6.43. The van der Waals surface area contributed by atoms with E-state index in [0.29, 0.717) is 15.7 Å². The maximum absolute atomic E-state index is 6.18. The van der Waals surface area contributed by atoms with Crippen LogP contribution < -0.4 is 0 Å². The third-order valence-corrected chi connectivity index (χ3v) is 3.47. The van der Waals surface area contributed by atoms with Crippen LogP contribution in [0.4, 0.5) is 0 Å². The first kappa shape index (κ1) is 11.4. The average molecular weight is 279 g/mol. The maximum atomic E-state index is 6.18. The Morgan fingerprint density at radius 2 is 1.89 bits per heavy atom. The first-order valence-electron chi connectivity index (χ1n) is 5.30. The lowest BCUT2D eigenvalue weighted by Crippen LogP contribution is -1.96. The van der Waals surface area contributed by atoms with Gasteiger partial charge in [0.15, 0.2) is 11.5 Å². The Kier molecular flexibility index (Phi) is 2.69. The molecule has 2 heterocycles. The van der Waals surface area contributed by atoms with Crippen molar-refractivity contribution in [2.75, 3.05) is 0 Å². The number of fused-ring (bicyclic) bond motifs is 1. The highest BCUT2D eigenvalue weighted by atomic mass is 35.5. The van der Waals surface area contributed by atoms with Crippen LogP contribution in [-0.2, 0) is 0 Å². The molecule has 3 aromatic rings. The first-order valence-corrected chi connectivity index (χ1v) is 6.06. The van der Waals surface area contributed by atoms with Gasteiger partial charge in [0.1, 0.15) is 0 Å². The van der Waals surface area contributed by atoms with Crippen molar-refractivity contribution in [1.82, 2.24) is 19.8 Å². The molecule has 0 radical (unpaired) electrons. The van der Waals surface area contributed by atoms with Crippen molar-refractivity contribution in [3.05, 3.63) is 46.2 Å². The van der Waals surface area contributed by atoms with Crippen molar-refractivity contribution in [2.45, 2.75) is 6.92 Å². The van der Waals surface area contributed by atoms with Crippen LogP contribution in [-0.4, -0.2) is 19.8 Å². The van der Waals surface area contributed by atoms with E-state index >= 15 is 0 Å². The van der Waals surface area contributed by atoms with Gasteiger partial charge >= 0.3 is 0 Å². The lowest BCUT2D eigenvalue weighted by Gasteiger charge is -2.05. The van der Waals surface area contributed by atoms with Crippen molar-refractivity contribution >= 4 is 28.8 Å². The third kappa shape index (κ3) is 1.74. The summed E-state index contributed by atoms with van der Waals surface area (Å²) >= 11 is 12.2. The summed E-state index contributed by atoms with van der Waals surface area (Å²) in [5.41, 5.74) is 2.23. The summed E-state index contributed by atoms with van der Waals surface area (Å²) in [5, 5.41) is 13.4.